The quantitative estimate of drug-likeness (QED) is 0.830. The van der Waals surface area contributed by atoms with Gasteiger partial charge in [-0.2, -0.15) is 0 Å². The molecule has 2 heterocycles. The lowest BCUT2D eigenvalue weighted by molar-refractivity contribution is 0.0672. The molecule has 2 aliphatic heterocycles. The van der Waals surface area contributed by atoms with Gasteiger partial charge in [-0.15, -0.1) is 0 Å². The lowest BCUT2D eigenvalue weighted by Gasteiger charge is -2.35. The van der Waals surface area contributed by atoms with Crippen molar-refractivity contribution in [1.29, 1.82) is 0 Å². The second kappa shape index (κ2) is 8.56. The van der Waals surface area contributed by atoms with Gasteiger partial charge in [-0.05, 0) is 68.4 Å². The van der Waals surface area contributed by atoms with Crippen molar-refractivity contribution in [2.45, 2.75) is 45.2 Å². The molecule has 2 aliphatic rings. The summed E-state index contributed by atoms with van der Waals surface area (Å²) in [5, 5.41) is 0. The molecule has 2 aromatic carbocycles. The van der Waals surface area contributed by atoms with Gasteiger partial charge in [-0.25, -0.2) is 0 Å². The van der Waals surface area contributed by atoms with Crippen molar-refractivity contribution in [1.82, 2.24) is 15.8 Å². The number of hydrazine groups is 1. The van der Waals surface area contributed by atoms with E-state index in [1.807, 2.05) is 43.0 Å². The van der Waals surface area contributed by atoms with Gasteiger partial charge in [0.05, 0.1) is 7.11 Å². The van der Waals surface area contributed by atoms with Crippen LogP contribution in [0.1, 0.15) is 52.4 Å². The topological polar surface area (TPSA) is 53.6 Å². The third-order valence-electron chi connectivity index (χ3n) is 6.45. The Balaban J connectivity index is 1.34. The number of benzene rings is 2. The number of nitrogens with zero attached hydrogens (tertiary/aromatic N) is 1. The lowest BCUT2D eigenvalue weighted by Crippen LogP contribution is -2.44. The molecule has 2 aromatic rings. The molecule has 2 saturated heterocycles. The molecule has 0 radical (unpaired) electrons. The number of ether oxygens (including phenoxy) is 1. The van der Waals surface area contributed by atoms with Crippen molar-refractivity contribution in [3.05, 3.63) is 64.7 Å². The van der Waals surface area contributed by atoms with Crippen molar-refractivity contribution < 1.29 is 9.53 Å². The minimum Gasteiger partial charge on any atom is -0.497 e. The zero-order valence-corrected chi connectivity index (χ0v) is 17.6. The second-order valence-corrected chi connectivity index (χ2v) is 8.41. The third-order valence-corrected chi connectivity index (χ3v) is 6.45. The number of rotatable bonds is 4. The lowest BCUT2D eigenvalue weighted by atomic mass is 9.86. The monoisotopic (exact) mass is 393 g/mol. The maximum absolute atomic E-state index is 13.0. The second-order valence-electron chi connectivity index (χ2n) is 8.41. The van der Waals surface area contributed by atoms with Crippen molar-refractivity contribution >= 4 is 5.91 Å². The standard InChI is InChI=1S/C24H31N3O2/c1-16-7-8-17(2)21(13-16)24(28)27-11-9-18(10-12-27)22-15-23(26-25-22)19-5-4-6-20(14-19)29-3/h4-8,13-14,18,22-23,25-26H,9-12,15H2,1-3H3. The van der Waals surface area contributed by atoms with E-state index in [4.69, 9.17) is 4.74 Å². The van der Waals surface area contributed by atoms with Crippen LogP contribution in [0.4, 0.5) is 0 Å². The Kier molecular flexibility index (Phi) is 5.88. The maximum Gasteiger partial charge on any atom is 0.254 e. The fourth-order valence-electron chi connectivity index (χ4n) is 4.61. The number of likely N-dealkylation sites (tertiary alicyclic amines) is 1. The summed E-state index contributed by atoms with van der Waals surface area (Å²) in [4.78, 5) is 15.0. The van der Waals surface area contributed by atoms with E-state index < -0.39 is 0 Å². The van der Waals surface area contributed by atoms with Gasteiger partial charge in [0.25, 0.3) is 5.91 Å². The predicted octanol–water partition coefficient (Wildman–Crippen LogP) is 3.77. The first-order valence-corrected chi connectivity index (χ1v) is 10.6. The Hall–Kier alpha value is -2.37. The SMILES string of the molecule is COc1cccc(C2CC(C3CCN(C(=O)c4cc(C)ccc4C)CC3)NN2)c1. The van der Waals surface area contributed by atoms with E-state index in [0.717, 1.165) is 54.8 Å². The van der Waals surface area contributed by atoms with Crippen LogP contribution in [0.5, 0.6) is 5.75 Å². The molecule has 1 amide bonds. The summed E-state index contributed by atoms with van der Waals surface area (Å²) >= 11 is 0. The Morgan fingerprint density at radius 2 is 1.86 bits per heavy atom. The number of amides is 1. The summed E-state index contributed by atoms with van der Waals surface area (Å²) in [6.45, 7) is 5.73. The fourth-order valence-corrected chi connectivity index (χ4v) is 4.61. The highest BCUT2D eigenvalue weighted by molar-refractivity contribution is 5.95. The van der Waals surface area contributed by atoms with Gasteiger partial charge in [0, 0.05) is 30.7 Å². The van der Waals surface area contributed by atoms with Crippen LogP contribution in [0.3, 0.4) is 0 Å². The van der Waals surface area contributed by atoms with Gasteiger partial charge < -0.3 is 9.64 Å². The van der Waals surface area contributed by atoms with Gasteiger partial charge in [0.2, 0.25) is 0 Å². The smallest absolute Gasteiger partial charge is 0.254 e. The van der Waals surface area contributed by atoms with E-state index in [9.17, 15) is 4.79 Å². The number of hydrogen-bond acceptors (Lipinski definition) is 4. The Morgan fingerprint density at radius 3 is 2.62 bits per heavy atom. The molecule has 0 aromatic heterocycles. The van der Waals surface area contributed by atoms with E-state index in [-0.39, 0.29) is 5.91 Å². The predicted molar refractivity (Wildman–Crippen MR) is 115 cm³/mol. The molecule has 0 saturated carbocycles. The largest absolute Gasteiger partial charge is 0.497 e. The van der Waals surface area contributed by atoms with E-state index in [0.29, 0.717) is 18.0 Å². The minimum atomic E-state index is 0.177. The third kappa shape index (κ3) is 4.31. The number of methoxy groups -OCH3 is 1. The van der Waals surface area contributed by atoms with E-state index in [1.54, 1.807) is 7.11 Å². The fraction of sp³-hybridized carbons (Fsp3) is 0.458. The van der Waals surface area contributed by atoms with E-state index in [2.05, 4.69) is 29.1 Å². The zero-order chi connectivity index (χ0) is 20.4. The molecule has 0 aliphatic carbocycles. The van der Waals surface area contributed by atoms with E-state index >= 15 is 0 Å². The highest BCUT2D eigenvalue weighted by Crippen LogP contribution is 2.32. The molecular weight excluding hydrogens is 362 g/mol. The van der Waals surface area contributed by atoms with E-state index in [1.165, 1.54) is 5.56 Å². The van der Waals surface area contributed by atoms with Crippen molar-refractivity contribution in [2.24, 2.45) is 5.92 Å². The van der Waals surface area contributed by atoms with Crippen LogP contribution in [-0.4, -0.2) is 37.0 Å². The van der Waals surface area contributed by atoms with Crippen LogP contribution in [0.15, 0.2) is 42.5 Å². The van der Waals surface area contributed by atoms with Crippen LogP contribution >= 0.6 is 0 Å². The maximum atomic E-state index is 13.0. The summed E-state index contributed by atoms with van der Waals surface area (Å²) < 4.78 is 5.36. The van der Waals surface area contributed by atoms with Gasteiger partial charge in [-0.1, -0.05) is 29.8 Å². The first kappa shape index (κ1) is 19.9. The van der Waals surface area contributed by atoms with Crippen molar-refractivity contribution in [3.63, 3.8) is 0 Å². The summed E-state index contributed by atoms with van der Waals surface area (Å²) in [7, 11) is 1.70. The first-order valence-electron chi connectivity index (χ1n) is 10.6. The molecule has 2 atom stereocenters. The number of carbonyl (C=O) groups is 1. The summed E-state index contributed by atoms with van der Waals surface area (Å²) in [6.07, 6.45) is 3.14. The summed E-state index contributed by atoms with van der Waals surface area (Å²) in [5.74, 6) is 1.66. The average molecular weight is 394 g/mol. The number of aryl methyl sites for hydroxylation is 2. The molecule has 5 nitrogen and oxygen atoms in total. The van der Waals surface area contributed by atoms with Crippen LogP contribution in [0, 0.1) is 19.8 Å². The van der Waals surface area contributed by atoms with Gasteiger partial charge in [0.1, 0.15) is 5.75 Å². The highest BCUT2D eigenvalue weighted by atomic mass is 16.5. The Bertz CT molecular complexity index is 874. The van der Waals surface area contributed by atoms with Gasteiger partial charge >= 0.3 is 0 Å². The van der Waals surface area contributed by atoms with Crippen LogP contribution in [-0.2, 0) is 0 Å². The summed E-state index contributed by atoms with van der Waals surface area (Å²) in [6, 6.07) is 15.1. The zero-order valence-electron chi connectivity index (χ0n) is 17.6. The van der Waals surface area contributed by atoms with Crippen molar-refractivity contribution in [3.8, 4) is 5.75 Å². The molecule has 0 spiro atoms. The molecule has 0 bridgehead atoms. The van der Waals surface area contributed by atoms with Gasteiger partial charge in [0.15, 0.2) is 0 Å². The molecule has 29 heavy (non-hydrogen) atoms. The Morgan fingerprint density at radius 1 is 1.07 bits per heavy atom. The van der Waals surface area contributed by atoms with Crippen molar-refractivity contribution in [2.75, 3.05) is 20.2 Å². The normalized spacial score (nSPS) is 22.7. The molecule has 5 heteroatoms. The molecule has 2 unspecified atom stereocenters. The number of piperidine rings is 1. The van der Waals surface area contributed by atoms with Gasteiger partial charge in [-0.3, -0.25) is 15.6 Å². The molecular formula is C24H31N3O2. The number of carbonyl (C=O) groups excluding carboxylic acids is 1. The average Bonchev–Trinajstić information content (AvgIpc) is 3.25. The molecule has 2 N–H and O–H groups in total. The Labute approximate surface area is 173 Å². The van der Waals surface area contributed by atoms with Crippen LogP contribution < -0.4 is 15.6 Å². The minimum absolute atomic E-state index is 0.177. The number of nitrogens with one attached hydrogen (secondary N) is 2. The molecule has 154 valence electrons. The molecule has 2 fully saturated rings. The summed E-state index contributed by atoms with van der Waals surface area (Å²) in [5.41, 5.74) is 11.3. The molecule has 4 rings (SSSR count). The number of hydrogen-bond donors (Lipinski definition) is 2. The highest BCUT2D eigenvalue weighted by Gasteiger charge is 2.34. The van der Waals surface area contributed by atoms with Crippen LogP contribution in [0.2, 0.25) is 0 Å². The first-order chi connectivity index (χ1) is 14.0. The van der Waals surface area contributed by atoms with Crippen LogP contribution in [0.25, 0.3) is 0 Å².